The minimum absolute atomic E-state index is 0.0968. The molecule has 1 heterocycles. The zero-order chi connectivity index (χ0) is 14.8. The Balaban J connectivity index is 2.27. The van der Waals surface area contributed by atoms with Gasteiger partial charge in [-0.15, -0.1) is 0 Å². The van der Waals surface area contributed by atoms with E-state index in [2.05, 4.69) is 14.9 Å². The third-order valence-corrected chi connectivity index (χ3v) is 4.66. The SMILES string of the molecule is Cc1ccccc1C(C)NS(=O)(=O)c1[nH]ncc1CO. The summed E-state index contributed by atoms with van der Waals surface area (Å²) in [5.74, 6) is 0. The van der Waals surface area contributed by atoms with Crippen molar-refractivity contribution in [2.75, 3.05) is 0 Å². The van der Waals surface area contributed by atoms with E-state index in [4.69, 9.17) is 5.11 Å². The van der Waals surface area contributed by atoms with Crippen LogP contribution in [0.1, 0.15) is 29.7 Å². The first-order valence-electron chi connectivity index (χ1n) is 6.16. The summed E-state index contributed by atoms with van der Waals surface area (Å²) in [6.45, 7) is 3.32. The second-order valence-electron chi connectivity index (χ2n) is 4.58. The molecular formula is C13H17N3O3S. The van der Waals surface area contributed by atoms with E-state index in [1.54, 1.807) is 6.92 Å². The molecule has 1 aromatic heterocycles. The molecule has 0 saturated heterocycles. The van der Waals surface area contributed by atoms with Gasteiger partial charge in [-0.05, 0) is 25.0 Å². The number of sulfonamides is 1. The molecule has 20 heavy (non-hydrogen) atoms. The Bertz CT molecular complexity index is 694. The lowest BCUT2D eigenvalue weighted by atomic mass is 10.0. The van der Waals surface area contributed by atoms with E-state index in [1.807, 2.05) is 31.2 Å². The molecule has 2 rings (SSSR count). The molecule has 0 bridgehead atoms. The van der Waals surface area contributed by atoms with Crippen LogP contribution in [-0.4, -0.2) is 23.7 Å². The van der Waals surface area contributed by atoms with Crippen molar-refractivity contribution in [3.8, 4) is 0 Å². The molecule has 3 N–H and O–H groups in total. The topological polar surface area (TPSA) is 95.1 Å². The summed E-state index contributed by atoms with van der Waals surface area (Å²) in [5, 5.41) is 15.1. The smallest absolute Gasteiger partial charge is 0.258 e. The molecule has 0 spiro atoms. The van der Waals surface area contributed by atoms with Gasteiger partial charge in [-0.2, -0.15) is 5.10 Å². The second kappa shape index (κ2) is 5.74. The maximum atomic E-state index is 12.3. The van der Waals surface area contributed by atoms with Crippen molar-refractivity contribution in [2.45, 2.75) is 31.5 Å². The summed E-state index contributed by atoms with van der Waals surface area (Å²) >= 11 is 0. The van der Waals surface area contributed by atoms with E-state index in [1.165, 1.54) is 6.20 Å². The van der Waals surface area contributed by atoms with Crippen LogP contribution in [0.15, 0.2) is 35.5 Å². The molecule has 1 unspecified atom stereocenters. The number of aliphatic hydroxyl groups excluding tert-OH is 1. The van der Waals surface area contributed by atoms with Gasteiger partial charge in [-0.25, -0.2) is 13.1 Å². The molecule has 0 radical (unpaired) electrons. The number of rotatable bonds is 5. The van der Waals surface area contributed by atoms with Gasteiger partial charge in [0.15, 0.2) is 5.03 Å². The van der Waals surface area contributed by atoms with Gasteiger partial charge in [0.1, 0.15) is 0 Å². The third-order valence-electron chi connectivity index (χ3n) is 3.10. The van der Waals surface area contributed by atoms with Crippen LogP contribution in [0.25, 0.3) is 0 Å². The van der Waals surface area contributed by atoms with Crippen LogP contribution in [0, 0.1) is 6.92 Å². The van der Waals surface area contributed by atoms with Crippen LogP contribution < -0.4 is 4.72 Å². The summed E-state index contributed by atoms with van der Waals surface area (Å²) in [4.78, 5) is 0. The molecule has 1 atom stereocenters. The van der Waals surface area contributed by atoms with Gasteiger partial charge in [0.25, 0.3) is 10.0 Å². The highest BCUT2D eigenvalue weighted by molar-refractivity contribution is 7.89. The first kappa shape index (κ1) is 14.7. The molecule has 108 valence electrons. The molecule has 1 aromatic carbocycles. The van der Waals surface area contributed by atoms with Crippen LogP contribution in [0.5, 0.6) is 0 Å². The van der Waals surface area contributed by atoms with Gasteiger partial charge in [0, 0.05) is 11.6 Å². The number of benzene rings is 1. The van der Waals surface area contributed by atoms with Crippen molar-refractivity contribution in [2.24, 2.45) is 0 Å². The minimum atomic E-state index is -3.75. The van der Waals surface area contributed by atoms with Crippen LogP contribution >= 0.6 is 0 Å². The summed E-state index contributed by atoms with van der Waals surface area (Å²) in [6.07, 6.45) is 1.30. The Morgan fingerprint density at radius 2 is 2.10 bits per heavy atom. The Kier molecular flexibility index (Phi) is 4.22. The molecule has 0 fully saturated rings. The van der Waals surface area contributed by atoms with E-state index in [-0.39, 0.29) is 23.2 Å². The number of aromatic amines is 1. The van der Waals surface area contributed by atoms with E-state index in [0.717, 1.165) is 11.1 Å². The number of aryl methyl sites for hydroxylation is 1. The highest BCUT2D eigenvalue weighted by Gasteiger charge is 2.23. The first-order chi connectivity index (χ1) is 9.45. The highest BCUT2D eigenvalue weighted by atomic mass is 32.2. The van der Waals surface area contributed by atoms with Crippen molar-refractivity contribution < 1.29 is 13.5 Å². The molecule has 0 saturated carbocycles. The van der Waals surface area contributed by atoms with Crippen LogP contribution in [0.3, 0.4) is 0 Å². The lowest BCUT2D eigenvalue weighted by Gasteiger charge is -2.16. The average molecular weight is 295 g/mol. The standard InChI is InChI=1S/C13H17N3O3S/c1-9-5-3-4-6-12(9)10(2)16-20(18,19)13-11(8-17)7-14-15-13/h3-7,10,16-17H,8H2,1-2H3,(H,14,15). The Hall–Kier alpha value is -1.70. The first-order valence-corrected chi connectivity index (χ1v) is 7.65. The zero-order valence-electron chi connectivity index (χ0n) is 11.3. The largest absolute Gasteiger partial charge is 0.392 e. The molecule has 0 aliphatic rings. The predicted octanol–water partition coefficient (Wildman–Crippen LogP) is 1.25. The fourth-order valence-electron chi connectivity index (χ4n) is 2.07. The average Bonchev–Trinajstić information content (AvgIpc) is 2.87. The lowest BCUT2D eigenvalue weighted by Crippen LogP contribution is -2.28. The predicted molar refractivity (Wildman–Crippen MR) is 74.4 cm³/mol. The van der Waals surface area contributed by atoms with Crippen LogP contribution in [-0.2, 0) is 16.6 Å². The van der Waals surface area contributed by atoms with Crippen LogP contribution in [0.4, 0.5) is 0 Å². The molecule has 6 nitrogen and oxygen atoms in total. The monoisotopic (exact) mass is 295 g/mol. The van der Waals surface area contributed by atoms with E-state index >= 15 is 0 Å². The van der Waals surface area contributed by atoms with Crippen molar-refractivity contribution in [1.82, 2.24) is 14.9 Å². The normalized spacial score (nSPS) is 13.3. The van der Waals surface area contributed by atoms with Crippen molar-refractivity contribution in [3.63, 3.8) is 0 Å². The van der Waals surface area contributed by atoms with E-state index < -0.39 is 10.0 Å². The summed E-state index contributed by atoms with van der Waals surface area (Å²) in [6, 6.07) is 7.19. The maximum Gasteiger partial charge on any atom is 0.258 e. The van der Waals surface area contributed by atoms with Gasteiger partial charge < -0.3 is 5.11 Å². The number of hydrogen-bond donors (Lipinski definition) is 3. The van der Waals surface area contributed by atoms with Gasteiger partial charge in [0.2, 0.25) is 0 Å². The molecule has 0 aliphatic heterocycles. The Morgan fingerprint density at radius 1 is 1.40 bits per heavy atom. The van der Waals surface area contributed by atoms with Gasteiger partial charge in [0.05, 0.1) is 12.8 Å². The van der Waals surface area contributed by atoms with Crippen molar-refractivity contribution in [3.05, 3.63) is 47.2 Å². The summed E-state index contributed by atoms with van der Waals surface area (Å²) in [5.41, 5.74) is 2.16. The number of nitrogens with zero attached hydrogens (tertiary/aromatic N) is 1. The van der Waals surface area contributed by atoms with Crippen molar-refractivity contribution >= 4 is 10.0 Å². The number of aromatic nitrogens is 2. The number of hydrogen-bond acceptors (Lipinski definition) is 4. The van der Waals surface area contributed by atoms with Crippen molar-refractivity contribution in [1.29, 1.82) is 0 Å². The number of aliphatic hydroxyl groups is 1. The van der Waals surface area contributed by atoms with Crippen LogP contribution in [0.2, 0.25) is 0 Å². The summed E-state index contributed by atoms with van der Waals surface area (Å²) in [7, 11) is -3.75. The Morgan fingerprint density at radius 3 is 2.75 bits per heavy atom. The zero-order valence-corrected chi connectivity index (χ0v) is 12.1. The number of nitrogens with one attached hydrogen (secondary N) is 2. The van der Waals surface area contributed by atoms with E-state index in [0.29, 0.717) is 0 Å². The van der Waals surface area contributed by atoms with Gasteiger partial charge in [-0.3, -0.25) is 5.10 Å². The van der Waals surface area contributed by atoms with Gasteiger partial charge >= 0.3 is 0 Å². The van der Waals surface area contributed by atoms with E-state index in [9.17, 15) is 8.42 Å². The fraction of sp³-hybridized carbons (Fsp3) is 0.308. The number of H-pyrrole nitrogens is 1. The lowest BCUT2D eigenvalue weighted by molar-refractivity contribution is 0.278. The molecule has 7 heteroatoms. The highest BCUT2D eigenvalue weighted by Crippen LogP contribution is 2.20. The molecular weight excluding hydrogens is 278 g/mol. The second-order valence-corrected chi connectivity index (χ2v) is 6.23. The third kappa shape index (κ3) is 2.90. The quantitative estimate of drug-likeness (QED) is 0.773. The Labute approximate surface area is 117 Å². The molecule has 0 aliphatic carbocycles. The summed E-state index contributed by atoms with van der Waals surface area (Å²) < 4.78 is 27.1. The minimum Gasteiger partial charge on any atom is -0.392 e. The maximum absolute atomic E-state index is 12.3. The fourth-order valence-corrected chi connectivity index (χ4v) is 3.42. The molecule has 2 aromatic rings. The van der Waals surface area contributed by atoms with Gasteiger partial charge in [-0.1, -0.05) is 24.3 Å². The molecule has 0 amide bonds.